The van der Waals surface area contributed by atoms with E-state index in [0.717, 1.165) is 0 Å². The average Bonchev–Trinajstić information content (AvgIpc) is 2.31. The molecule has 0 aliphatic carbocycles. The molecule has 1 unspecified atom stereocenters. The second-order valence-electron chi connectivity index (χ2n) is 2.79. The van der Waals surface area contributed by atoms with Crippen LogP contribution in [0, 0.1) is 6.92 Å². The van der Waals surface area contributed by atoms with E-state index < -0.39 is 11.9 Å². The van der Waals surface area contributed by atoms with E-state index in [-0.39, 0.29) is 6.54 Å². The van der Waals surface area contributed by atoms with Crippen LogP contribution in [0.5, 0.6) is 0 Å². The highest BCUT2D eigenvalue weighted by Crippen LogP contribution is 2.11. The standard InChI is InChI=1S/C7H11ClN4O/c1-4-5(8)2-12(11-4)3-6(9)7(10)13/h2,6H,3,9H2,1H3,(H2,10,13). The summed E-state index contributed by atoms with van der Waals surface area (Å²) >= 11 is 5.75. The maximum absolute atomic E-state index is 10.6. The Kier molecular flexibility index (Phi) is 2.90. The Bertz CT molecular complexity index is 303. The summed E-state index contributed by atoms with van der Waals surface area (Å²) in [5.41, 5.74) is 11.1. The lowest BCUT2D eigenvalue weighted by atomic mass is 10.3. The van der Waals surface area contributed by atoms with Crippen LogP contribution in [0.4, 0.5) is 0 Å². The lowest BCUT2D eigenvalue weighted by molar-refractivity contribution is -0.119. The SMILES string of the molecule is Cc1nn(CC(N)C(N)=O)cc1Cl. The molecule has 0 aliphatic heterocycles. The van der Waals surface area contributed by atoms with E-state index in [9.17, 15) is 4.79 Å². The minimum absolute atomic E-state index is 0.253. The fourth-order valence-electron chi connectivity index (χ4n) is 0.879. The van der Waals surface area contributed by atoms with Gasteiger partial charge in [-0.3, -0.25) is 9.48 Å². The Hall–Kier alpha value is -1.07. The van der Waals surface area contributed by atoms with Gasteiger partial charge in [-0.15, -0.1) is 0 Å². The molecule has 4 N–H and O–H groups in total. The molecule has 0 bridgehead atoms. The number of carbonyl (C=O) groups excluding carboxylic acids is 1. The van der Waals surface area contributed by atoms with Crippen molar-refractivity contribution in [1.29, 1.82) is 0 Å². The van der Waals surface area contributed by atoms with Crippen LogP contribution >= 0.6 is 11.6 Å². The van der Waals surface area contributed by atoms with Crippen LogP contribution in [0.15, 0.2) is 6.20 Å². The number of rotatable bonds is 3. The quantitative estimate of drug-likeness (QED) is 0.703. The number of primary amides is 1. The van der Waals surface area contributed by atoms with Crippen molar-refractivity contribution in [2.75, 3.05) is 0 Å². The molecule has 1 atom stereocenters. The molecule has 0 aromatic carbocycles. The number of aromatic nitrogens is 2. The molecule has 5 nitrogen and oxygen atoms in total. The van der Waals surface area contributed by atoms with Gasteiger partial charge in [0.25, 0.3) is 0 Å². The monoisotopic (exact) mass is 202 g/mol. The predicted octanol–water partition coefficient (Wildman–Crippen LogP) is -0.342. The van der Waals surface area contributed by atoms with Gasteiger partial charge in [-0.2, -0.15) is 5.10 Å². The first kappa shape index (κ1) is 10.0. The van der Waals surface area contributed by atoms with Gasteiger partial charge in [0.15, 0.2) is 0 Å². The van der Waals surface area contributed by atoms with E-state index in [2.05, 4.69) is 5.10 Å². The molecule has 1 aromatic heterocycles. The number of halogens is 1. The van der Waals surface area contributed by atoms with E-state index >= 15 is 0 Å². The van der Waals surface area contributed by atoms with Crippen LogP contribution in [-0.2, 0) is 11.3 Å². The second kappa shape index (κ2) is 3.76. The molecule has 0 aliphatic rings. The number of nitrogens with two attached hydrogens (primary N) is 2. The number of hydrogen-bond acceptors (Lipinski definition) is 3. The predicted molar refractivity (Wildman–Crippen MR) is 49.1 cm³/mol. The Balaban J connectivity index is 2.69. The van der Waals surface area contributed by atoms with E-state index in [4.69, 9.17) is 23.1 Å². The molecule has 1 heterocycles. The summed E-state index contributed by atoms with van der Waals surface area (Å²) in [6, 6.07) is -0.727. The summed E-state index contributed by atoms with van der Waals surface area (Å²) < 4.78 is 1.51. The largest absolute Gasteiger partial charge is 0.368 e. The summed E-state index contributed by atoms with van der Waals surface area (Å²) in [6.07, 6.45) is 1.61. The molecular formula is C7H11ClN4O. The minimum Gasteiger partial charge on any atom is -0.368 e. The van der Waals surface area contributed by atoms with Crippen molar-refractivity contribution in [3.05, 3.63) is 16.9 Å². The molecule has 0 fully saturated rings. The first-order valence-corrected chi connectivity index (χ1v) is 4.13. The molecule has 0 radical (unpaired) electrons. The number of nitrogens with zero attached hydrogens (tertiary/aromatic N) is 2. The van der Waals surface area contributed by atoms with Crippen LogP contribution in [0.3, 0.4) is 0 Å². The first-order valence-electron chi connectivity index (χ1n) is 3.75. The molecule has 72 valence electrons. The molecule has 1 aromatic rings. The van der Waals surface area contributed by atoms with Crippen molar-refractivity contribution >= 4 is 17.5 Å². The molecule has 0 saturated heterocycles. The highest BCUT2D eigenvalue weighted by Gasteiger charge is 2.11. The summed E-state index contributed by atoms with van der Waals surface area (Å²) in [5, 5.41) is 4.58. The fourth-order valence-corrected chi connectivity index (χ4v) is 1.03. The van der Waals surface area contributed by atoms with Gasteiger partial charge in [-0.25, -0.2) is 0 Å². The Morgan fingerprint density at radius 1 is 1.85 bits per heavy atom. The van der Waals surface area contributed by atoms with Crippen LogP contribution in [0.25, 0.3) is 0 Å². The Morgan fingerprint density at radius 2 is 2.46 bits per heavy atom. The lowest BCUT2D eigenvalue weighted by Gasteiger charge is -2.06. The third-order valence-corrected chi connectivity index (χ3v) is 2.01. The molecule has 0 spiro atoms. The van der Waals surface area contributed by atoms with Crippen LogP contribution in [0.2, 0.25) is 5.02 Å². The van der Waals surface area contributed by atoms with Gasteiger partial charge >= 0.3 is 0 Å². The van der Waals surface area contributed by atoms with E-state index in [1.165, 1.54) is 4.68 Å². The van der Waals surface area contributed by atoms with Gasteiger partial charge in [0.2, 0.25) is 5.91 Å². The van der Waals surface area contributed by atoms with Gasteiger partial charge in [-0.05, 0) is 6.92 Å². The maximum Gasteiger partial charge on any atom is 0.236 e. The molecule has 0 saturated carbocycles. The number of aryl methyl sites for hydroxylation is 1. The third kappa shape index (κ3) is 2.43. The topological polar surface area (TPSA) is 86.9 Å². The summed E-state index contributed by atoms with van der Waals surface area (Å²) in [7, 11) is 0. The van der Waals surface area contributed by atoms with Gasteiger partial charge in [0.1, 0.15) is 6.04 Å². The van der Waals surface area contributed by atoms with Gasteiger partial charge in [0.05, 0.1) is 17.3 Å². The normalized spacial score (nSPS) is 12.8. The second-order valence-corrected chi connectivity index (χ2v) is 3.20. The summed E-state index contributed by atoms with van der Waals surface area (Å²) in [5.74, 6) is -0.552. The summed E-state index contributed by atoms with van der Waals surface area (Å²) in [6.45, 7) is 2.03. The Morgan fingerprint density at radius 3 is 2.85 bits per heavy atom. The van der Waals surface area contributed by atoms with Crippen molar-refractivity contribution in [2.24, 2.45) is 11.5 Å². The zero-order chi connectivity index (χ0) is 10.0. The smallest absolute Gasteiger partial charge is 0.236 e. The minimum atomic E-state index is -0.727. The van der Waals surface area contributed by atoms with E-state index in [0.29, 0.717) is 10.7 Å². The molecule has 6 heteroatoms. The molecular weight excluding hydrogens is 192 g/mol. The van der Waals surface area contributed by atoms with Crippen molar-refractivity contribution in [3.8, 4) is 0 Å². The van der Waals surface area contributed by atoms with Crippen molar-refractivity contribution in [2.45, 2.75) is 19.5 Å². The van der Waals surface area contributed by atoms with Crippen molar-refractivity contribution < 1.29 is 4.79 Å². The van der Waals surface area contributed by atoms with Crippen molar-refractivity contribution in [1.82, 2.24) is 9.78 Å². The zero-order valence-electron chi connectivity index (χ0n) is 7.20. The fraction of sp³-hybridized carbons (Fsp3) is 0.429. The van der Waals surface area contributed by atoms with Crippen LogP contribution in [-0.4, -0.2) is 21.7 Å². The van der Waals surface area contributed by atoms with Crippen molar-refractivity contribution in [3.63, 3.8) is 0 Å². The summed E-state index contributed by atoms with van der Waals surface area (Å²) in [4.78, 5) is 10.6. The number of hydrogen-bond donors (Lipinski definition) is 2. The zero-order valence-corrected chi connectivity index (χ0v) is 7.95. The molecule has 1 rings (SSSR count). The highest BCUT2D eigenvalue weighted by molar-refractivity contribution is 6.31. The van der Waals surface area contributed by atoms with E-state index in [1.54, 1.807) is 13.1 Å². The van der Waals surface area contributed by atoms with Crippen LogP contribution < -0.4 is 11.5 Å². The number of amides is 1. The third-order valence-electron chi connectivity index (χ3n) is 1.64. The highest BCUT2D eigenvalue weighted by atomic mass is 35.5. The Labute approximate surface area is 80.6 Å². The van der Waals surface area contributed by atoms with Gasteiger partial charge in [0, 0.05) is 6.20 Å². The lowest BCUT2D eigenvalue weighted by Crippen LogP contribution is -2.39. The van der Waals surface area contributed by atoms with E-state index in [1.807, 2.05) is 0 Å². The molecule has 13 heavy (non-hydrogen) atoms. The van der Waals surface area contributed by atoms with Crippen LogP contribution in [0.1, 0.15) is 5.69 Å². The van der Waals surface area contributed by atoms with Gasteiger partial charge < -0.3 is 11.5 Å². The van der Waals surface area contributed by atoms with Gasteiger partial charge in [-0.1, -0.05) is 11.6 Å². The average molecular weight is 203 g/mol. The maximum atomic E-state index is 10.6. The molecule has 1 amide bonds. The number of carbonyl (C=O) groups is 1. The first-order chi connectivity index (χ1) is 6.00.